The van der Waals surface area contributed by atoms with Crippen molar-refractivity contribution in [1.82, 2.24) is 5.32 Å². The summed E-state index contributed by atoms with van der Waals surface area (Å²) in [6.07, 6.45) is 0.280. The number of hydrogen-bond acceptors (Lipinski definition) is 3. The van der Waals surface area contributed by atoms with Crippen LogP contribution >= 0.6 is 0 Å². The van der Waals surface area contributed by atoms with Crippen LogP contribution in [0.1, 0.15) is 33.6 Å². The Morgan fingerprint density at radius 1 is 1.31 bits per heavy atom. The molecular weight excluding hydrogens is 170 g/mol. The van der Waals surface area contributed by atoms with Crippen LogP contribution in [0.2, 0.25) is 0 Å². The molecule has 1 atom stereocenters. The molecule has 4 heteroatoms. The second kappa shape index (κ2) is 5.70. The zero-order valence-corrected chi connectivity index (χ0v) is 8.33. The first kappa shape index (κ1) is 12.1. The van der Waals surface area contributed by atoms with Crippen molar-refractivity contribution in [3.05, 3.63) is 0 Å². The lowest BCUT2D eigenvalue weighted by Gasteiger charge is -2.17. The standard InChI is InChI=1S/C9H17NO3/c1-6(2)10-8(4-7(3)11)5-9(12)13/h6,8,10H,4-5H2,1-3H3,(H,12,13). The van der Waals surface area contributed by atoms with Crippen molar-refractivity contribution in [3.63, 3.8) is 0 Å². The summed E-state index contributed by atoms with van der Waals surface area (Å²) in [6, 6.07) is -0.0429. The highest BCUT2D eigenvalue weighted by molar-refractivity contribution is 5.77. The molecule has 76 valence electrons. The largest absolute Gasteiger partial charge is 0.481 e. The zero-order chi connectivity index (χ0) is 10.4. The number of carbonyl (C=O) groups excluding carboxylic acids is 1. The van der Waals surface area contributed by atoms with Crippen LogP contribution in [0, 0.1) is 0 Å². The van der Waals surface area contributed by atoms with Gasteiger partial charge in [-0.25, -0.2) is 0 Å². The van der Waals surface area contributed by atoms with Crippen LogP contribution in [0.5, 0.6) is 0 Å². The Bertz CT molecular complexity index is 173. The van der Waals surface area contributed by atoms with Crippen molar-refractivity contribution in [3.8, 4) is 0 Å². The number of carboxylic acids is 1. The van der Waals surface area contributed by atoms with Gasteiger partial charge in [0.2, 0.25) is 0 Å². The van der Waals surface area contributed by atoms with Gasteiger partial charge in [-0.2, -0.15) is 0 Å². The van der Waals surface area contributed by atoms with Gasteiger partial charge in [0.05, 0.1) is 6.42 Å². The molecule has 0 aromatic rings. The van der Waals surface area contributed by atoms with E-state index in [0.717, 1.165) is 0 Å². The van der Waals surface area contributed by atoms with Crippen molar-refractivity contribution in [2.75, 3.05) is 0 Å². The summed E-state index contributed by atoms with van der Waals surface area (Å²) in [5.74, 6) is -0.862. The Morgan fingerprint density at radius 2 is 1.85 bits per heavy atom. The summed E-state index contributed by atoms with van der Waals surface area (Å²) < 4.78 is 0. The van der Waals surface area contributed by atoms with Crippen LogP contribution in [0.25, 0.3) is 0 Å². The van der Waals surface area contributed by atoms with E-state index >= 15 is 0 Å². The Balaban J connectivity index is 4.02. The molecule has 0 saturated heterocycles. The average Bonchev–Trinajstić information content (AvgIpc) is 1.80. The molecule has 0 aromatic carbocycles. The van der Waals surface area contributed by atoms with E-state index in [9.17, 15) is 9.59 Å². The van der Waals surface area contributed by atoms with Gasteiger partial charge >= 0.3 is 5.97 Å². The average molecular weight is 187 g/mol. The fourth-order valence-corrected chi connectivity index (χ4v) is 1.22. The van der Waals surface area contributed by atoms with Crippen molar-refractivity contribution < 1.29 is 14.7 Å². The fraction of sp³-hybridized carbons (Fsp3) is 0.778. The molecule has 0 radical (unpaired) electrons. The number of aliphatic carboxylic acids is 1. The topological polar surface area (TPSA) is 66.4 Å². The van der Waals surface area contributed by atoms with Crippen molar-refractivity contribution in [2.24, 2.45) is 0 Å². The molecule has 0 rings (SSSR count). The maximum absolute atomic E-state index is 10.8. The SMILES string of the molecule is CC(=O)CC(CC(=O)O)NC(C)C. The predicted molar refractivity (Wildman–Crippen MR) is 49.6 cm³/mol. The lowest BCUT2D eigenvalue weighted by molar-refractivity contribution is -0.137. The van der Waals surface area contributed by atoms with Crippen LogP contribution in [0.15, 0.2) is 0 Å². The first-order valence-corrected chi connectivity index (χ1v) is 4.39. The van der Waals surface area contributed by atoms with Crippen LogP contribution in [0.3, 0.4) is 0 Å². The molecule has 0 aliphatic rings. The van der Waals surface area contributed by atoms with E-state index in [1.165, 1.54) is 6.92 Å². The molecule has 0 aromatic heterocycles. The third-order valence-electron chi connectivity index (χ3n) is 1.52. The van der Waals surface area contributed by atoms with Crippen LogP contribution in [0.4, 0.5) is 0 Å². The Morgan fingerprint density at radius 3 is 2.15 bits per heavy atom. The summed E-state index contributed by atoms with van der Waals surface area (Å²) in [5, 5.41) is 11.6. The molecule has 0 amide bonds. The van der Waals surface area contributed by atoms with Crippen LogP contribution < -0.4 is 5.32 Å². The number of carbonyl (C=O) groups is 2. The third-order valence-corrected chi connectivity index (χ3v) is 1.52. The van der Waals surface area contributed by atoms with Gasteiger partial charge in [-0.15, -0.1) is 0 Å². The number of carboxylic acid groups (broad SMARTS) is 1. The van der Waals surface area contributed by atoms with Gasteiger partial charge < -0.3 is 10.4 Å². The first-order valence-electron chi connectivity index (χ1n) is 4.39. The van der Waals surface area contributed by atoms with Gasteiger partial charge in [0.15, 0.2) is 0 Å². The molecule has 0 spiro atoms. The lowest BCUT2D eigenvalue weighted by atomic mass is 10.1. The van der Waals surface area contributed by atoms with E-state index in [-0.39, 0.29) is 30.7 Å². The molecule has 13 heavy (non-hydrogen) atoms. The number of ketones is 1. The van der Waals surface area contributed by atoms with E-state index in [2.05, 4.69) is 5.32 Å². The number of hydrogen-bond donors (Lipinski definition) is 2. The highest BCUT2D eigenvalue weighted by atomic mass is 16.4. The van der Waals surface area contributed by atoms with Crippen molar-refractivity contribution >= 4 is 11.8 Å². The summed E-state index contributed by atoms with van der Waals surface area (Å²) >= 11 is 0. The van der Waals surface area contributed by atoms with E-state index < -0.39 is 5.97 Å². The number of rotatable bonds is 6. The number of Topliss-reactive ketones (excluding diaryl/α,β-unsaturated/α-hetero) is 1. The minimum atomic E-state index is -0.876. The van der Waals surface area contributed by atoms with E-state index in [1.807, 2.05) is 13.8 Å². The second-order valence-electron chi connectivity index (χ2n) is 3.52. The molecule has 0 aliphatic carbocycles. The third kappa shape index (κ3) is 7.46. The molecule has 0 fully saturated rings. The van der Waals surface area contributed by atoms with Crippen LogP contribution in [-0.2, 0) is 9.59 Å². The zero-order valence-electron chi connectivity index (χ0n) is 8.33. The summed E-state index contributed by atoms with van der Waals surface area (Å²) in [6.45, 7) is 5.32. The lowest BCUT2D eigenvalue weighted by Crippen LogP contribution is -2.37. The van der Waals surface area contributed by atoms with Gasteiger partial charge in [-0.3, -0.25) is 9.59 Å². The van der Waals surface area contributed by atoms with E-state index in [1.54, 1.807) is 0 Å². The van der Waals surface area contributed by atoms with Gasteiger partial charge in [0.25, 0.3) is 0 Å². The molecule has 4 nitrogen and oxygen atoms in total. The van der Waals surface area contributed by atoms with Crippen molar-refractivity contribution in [1.29, 1.82) is 0 Å². The fourth-order valence-electron chi connectivity index (χ4n) is 1.22. The van der Waals surface area contributed by atoms with Crippen molar-refractivity contribution in [2.45, 2.75) is 45.7 Å². The molecule has 0 bridgehead atoms. The Hall–Kier alpha value is -0.900. The quantitative estimate of drug-likeness (QED) is 0.645. The smallest absolute Gasteiger partial charge is 0.304 e. The second-order valence-corrected chi connectivity index (χ2v) is 3.52. The monoisotopic (exact) mass is 187 g/mol. The molecular formula is C9H17NO3. The Labute approximate surface area is 78.3 Å². The minimum Gasteiger partial charge on any atom is -0.481 e. The predicted octanol–water partition coefficient (Wildman–Crippen LogP) is 0.807. The van der Waals surface area contributed by atoms with Gasteiger partial charge in [0.1, 0.15) is 5.78 Å². The number of nitrogens with one attached hydrogen (secondary N) is 1. The maximum atomic E-state index is 10.8. The molecule has 0 aliphatic heterocycles. The van der Waals surface area contributed by atoms with Gasteiger partial charge in [-0.1, -0.05) is 13.8 Å². The highest BCUT2D eigenvalue weighted by Gasteiger charge is 2.15. The Kier molecular flexibility index (Phi) is 5.30. The van der Waals surface area contributed by atoms with Gasteiger partial charge in [0, 0.05) is 18.5 Å². The molecule has 2 N–H and O–H groups in total. The highest BCUT2D eigenvalue weighted by Crippen LogP contribution is 2.00. The maximum Gasteiger partial charge on any atom is 0.304 e. The first-order chi connectivity index (χ1) is 5.91. The van der Waals surface area contributed by atoms with Crippen LogP contribution in [-0.4, -0.2) is 28.9 Å². The van der Waals surface area contributed by atoms with E-state index in [4.69, 9.17) is 5.11 Å². The summed E-state index contributed by atoms with van der Waals surface area (Å²) in [7, 11) is 0. The molecule has 0 saturated carbocycles. The van der Waals surface area contributed by atoms with E-state index in [0.29, 0.717) is 0 Å². The van der Waals surface area contributed by atoms with Gasteiger partial charge in [-0.05, 0) is 6.92 Å². The summed E-state index contributed by atoms with van der Waals surface area (Å²) in [5.41, 5.74) is 0. The molecule has 1 unspecified atom stereocenters. The normalized spacial score (nSPS) is 12.9. The minimum absolute atomic E-state index is 0.00222. The summed E-state index contributed by atoms with van der Waals surface area (Å²) in [4.78, 5) is 21.2. The molecule has 0 heterocycles.